The Kier molecular flexibility index (Phi) is 6.72. The number of hydrogen-bond acceptors (Lipinski definition) is 5. The molecule has 6 nitrogen and oxygen atoms in total. The van der Waals surface area contributed by atoms with Gasteiger partial charge in [-0.25, -0.2) is 17.5 Å². The minimum absolute atomic E-state index is 0.210. The molecule has 0 amide bonds. The summed E-state index contributed by atoms with van der Waals surface area (Å²) in [5.41, 5.74) is 3.40. The van der Waals surface area contributed by atoms with Crippen molar-refractivity contribution in [3.63, 3.8) is 0 Å². The third kappa shape index (κ3) is 5.04. The number of benzene rings is 2. The molecule has 0 radical (unpaired) electrons. The zero-order chi connectivity index (χ0) is 23.5. The van der Waals surface area contributed by atoms with Crippen LogP contribution in [0.5, 0.6) is 0 Å². The lowest BCUT2D eigenvalue weighted by Gasteiger charge is -2.39. The maximum Gasteiger partial charge on any atom is 0.240 e. The second-order valence-electron chi connectivity index (χ2n) is 9.02. The fraction of sp³-hybridized carbons (Fsp3) is 0.385. The summed E-state index contributed by atoms with van der Waals surface area (Å²) in [5, 5.41) is 0. The Bertz CT molecular complexity index is 1200. The highest BCUT2D eigenvalue weighted by Crippen LogP contribution is 2.27. The van der Waals surface area contributed by atoms with E-state index in [4.69, 9.17) is 4.42 Å². The van der Waals surface area contributed by atoms with Crippen LogP contribution in [0, 0.1) is 5.82 Å². The van der Waals surface area contributed by atoms with Crippen LogP contribution < -0.4 is 9.62 Å². The third-order valence-corrected chi connectivity index (χ3v) is 8.34. The summed E-state index contributed by atoms with van der Waals surface area (Å²) < 4.78 is 48.1. The molecule has 1 aliphatic heterocycles. The number of fused-ring (bicyclic) bond motifs is 1. The number of nitrogens with one attached hydrogen (secondary N) is 1. The lowest BCUT2D eigenvalue weighted by molar-refractivity contribution is 0.166. The Hall–Kier alpha value is -2.68. The molecule has 0 saturated carbocycles. The quantitative estimate of drug-likeness (QED) is 0.547. The van der Waals surface area contributed by atoms with Gasteiger partial charge in [-0.1, -0.05) is 6.07 Å². The number of aryl methyl sites for hydroxylation is 2. The zero-order valence-electron chi connectivity index (χ0n) is 19.1. The maximum absolute atomic E-state index is 13.3. The zero-order valence-corrected chi connectivity index (χ0v) is 19.9. The summed E-state index contributed by atoms with van der Waals surface area (Å²) in [4.78, 5) is 4.79. The molecule has 5 rings (SSSR count). The number of furan rings is 1. The van der Waals surface area contributed by atoms with Gasteiger partial charge in [-0.15, -0.1) is 0 Å². The van der Waals surface area contributed by atoms with Crippen molar-refractivity contribution in [1.29, 1.82) is 0 Å². The van der Waals surface area contributed by atoms with Crippen LogP contribution in [0.15, 0.2) is 70.2 Å². The molecule has 1 fully saturated rings. The van der Waals surface area contributed by atoms with Crippen LogP contribution in [0.1, 0.15) is 35.8 Å². The molecule has 1 saturated heterocycles. The van der Waals surface area contributed by atoms with Crippen LogP contribution in [0.3, 0.4) is 0 Å². The Labute approximate surface area is 200 Å². The molecule has 1 N–H and O–H groups in total. The van der Waals surface area contributed by atoms with Crippen LogP contribution in [0.25, 0.3) is 0 Å². The summed E-state index contributed by atoms with van der Waals surface area (Å²) in [6.07, 6.45) is 5.85. The number of nitrogens with zero attached hydrogens (tertiary/aromatic N) is 2. The molecular weight excluding hydrogens is 453 g/mol. The number of sulfonamides is 1. The lowest BCUT2D eigenvalue weighted by atomic mass is 9.92. The highest BCUT2D eigenvalue weighted by atomic mass is 32.2. The van der Waals surface area contributed by atoms with E-state index in [0.717, 1.165) is 68.9 Å². The van der Waals surface area contributed by atoms with Gasteiger partial charge in [0.25, 0.3) is 0 Å². The van der Waals surface area contributed by atoms with E-state index in [0.29, 0.717) is 4.90 Å². The molecule has 0 bridgehead atoms. The number of rotatable bonds is 7. The summed E-state index contributed by atoms with van der Waals surface area (Å²) in [6.45, 7) is 3.23. The molecule has 1 atom stereocenters. The number of halogens is 1. The average Bonchev–Trinajstić information content (AvgIpc) is 3.39. The largest absolute Gasteiger partial charge is 0.468 e. The molecule has 34 heavy (non-hydrogen) atoms. The van der Waals surface area contributed by atoms with Crippen molar-refractivity contribution < 1.29 is 17.2 Å². The van der Waals surface area contributed by atoms with Gasteiger partial charge < -0.3 is 9.32 Å². The van der Waals surface area contributed by atoms with Gasteiger partial charge in [0.1, 0.15) is 11.6 Å². The van der Waals surface area contributed by atoms with E-state index in [1.807, 2.05) is 24.3 Å². The predicted molar refractivity (Wildman–Crippen MR) is 130 cm³/mol. The molecule has 3 aromatic rings. The molecular formula is C26H30FN3O3S. The average molecular weight is 484 g/mol. The van der Waals surface area contributed by atoms with Crippen molar-refractivity contribution >= 4 is 15.7 Å². The Balaban J connectivity index is 1.27. The fourth-order valence-electron chi connectivity index (χ4n) is 4.98. The Morgan fingerprint density at radius 2 is 1.68 bits per heavy atom. The minimum Gasteiger partial charge on any atom is -0.468 e. The van der Waals surface area contributed by atoms with E-state index in [2.05, 4.69) is 14.5 Å². The summed E-state index contributed by atoms with van der Waals surface area (Å²) in [6, 6.07) is 15.6. The van der Waals surface area contributed by atoms with E-state index < -0.39 is 10.0 Å². The third-order valence-electron chi connectivity index (χ3n) is 6.92. The summed E-state index contributed by atoms with van der Waals surface area (Å²) in [5.74, 6) is 0.495. The standard InChI is InChI=1S/C26H30FN3O3S/c27-22-8-10-23(11-9-22)29-13-15-30(16-14-29)25(26-6-3-17-33-26)19-28-34(31,32)24-12-7-20-4-1-2-5-21(20)18-24/h3,6-12,17-18,25,28H,1-2,4-5,13-16,19H2. The highest BCUT2D eigenvalue weighted by Gasteiger charge is 2.29. The van der Waals surface area contributed by atoms with Crippen LogP contribution in [0.2, 0.25) is 0 Å². The van der Waals surface area contributed by atoms with Gasteiger partial charge in [0, 0.05) is 38.4 Å². The second kappa shape index (κ2) is 9.90. The molecule has 2 aliphatic rings. The van der Waals surface area contributed by atoms with Crippen molar-refractivity contribution in [2.75, 3.05) is 37.6 Å². The fourth-order valence-corrected chi connectivity index (χ4v) is 6.07. The minimum atomic E-state index is -3.64. The van der Waals surface area contributed by atoms with Gasteiger partial charge in [0.2, 0.25) is 10.0 Å². The van der Waals surface area contributed by atoms with E-state index in [1.165, 1.54) is 17.7 Å². The SMILES string of the molecule is O=S(=O)(NCC(c1ccco1)N1CCN(c2ccc(F)cc2)CC1)c1ccc2c(c1)CCCC2. The van der Waals surface area contributed by atoms with Gasteiger partial charge in [-0.3, -0.25) is 4.90 Å². The number of anilines is 1. The van der Waals surface area contributed by atoms with Crippen LogP contribution >= 0.6 is 0 Å². The molecule has 180 valence electrons. The first-order chi connectivity index (χ1) is 16.5. The van der Waals surface area contributed by atoms with E-state index in [1.54, 1.807) is 24.5 Å². The molecule has 2 heterocycles. The van der Waals surface area contributed by atoms with Gasteiger partial charge in [-0.05, 0) is 85.3 Å². The number of piperazine rings is 1. The molecule has 8 heteroatoms. The van der Waals surface area contributed by atoms with E-state index >= 15 is 0 Å². The van der Waals surface area contributed by atoms with Crippen LogP contribution in [0.4, 0.5) is 10.1 Å². The van der Waals surface area contributed by atoms with Gasteiger partial charge in [0.05, 0.1) is 17.2 Å². The molecule has 0 spiro atoms. The molecule has 1 unspecified atom stereocenters. The van der Waals surface area contributed by atoms with Crippen molar-refractivity contribution in [3.05, 3.63) is 83.6 Å². The van der Waals surface area contributed by atoms with Crippen LogP contribution in [-0.4, -0.2) is 46.0 Å². The van der Waals surface area contributed by atoms with Gasteiger partial charge in [0.15, 0.2) is 0 Å². The van der Waals surface area contributed by atoms with Crippen molar-refractivity contribution in [1.82, 2.24) is 9.62 Å². The smallest absolute Gasteiger partial charge is 0.240 e. The second-order valence-corrected chi connectivity index (χ2v) is 10.8. The summed E-state index contributed by atoms with van der Waals surface area (Å²) >= 11 is 0. The van der Waals surface area contributed by atoms with E-state index in [-0.39, 0.29) is 18.4 Å². The van der Waals surface area contributed by atoms with Crippen molar-refractivity contribution in [2.24, 2.45) is 0 Å². The maximum atomic E-state index is 13.3. The first-order valence-corrected chi connectivity index (χ1v) is 13.4. The van der Waals surface area contributed by atoms with Crippen molar-refractivity contribution in [3.8, 4) is 0 Å². The van der Waals surface area contributed by atoms with Crippen molar-refractivity contribution in [2.45, 2.75) is 36.6 Å². The molecule has 1 aliphatic carbocycles. The monoisotopic (exact) mass is 483 g/mol. The predicted octanol–water partition coefficient (Wildman–Crippen LogP) is 4.14. The van der Waals surface area contributed by atoms with Crippen LogP contribution in [-0.2, 0) is 22.9 Å². The topological polar surface area (TPSA) is 65.8 Å². The molecule has 2 aromatic carbocycles. The summed E-state index contributed by atoms with van der Waals surface area (Å²) in [7, 11) is -3.64. The van der Waals surface area contributed by atoms with E-state index in [9.17, 15) is 12.8 Å². The normalized spacial score (nSPS) is 18.0. The highest BCUT2D eigenvalue weighted by molar-refractivity contribution is 7.89. The Morgan fingerprint density at radius 3 is 2.38 bits per heavy atom. The van der Waals surface area contributed by atoms with Gasteiger partial charge >= 0.3 is 0 Å². The van der Waals surface area contributed by atoms with Gasteiger partial charge in [-0.2, -0.15) is 0 Å². The number of hydrogen-bond donors (Lipinski definition) is 1. The first-order valence-electron chi connectivity index (χ1n) is 11.9. The Morgan fingerprint density at radius 1 is 0.941 bits per heavy atom. The first kappa shape index (κ1) is 23.1. The lowest BCUT2D eigenvalue weighted by Crippen LogP contribution is -2.49. The molecule has 1 aromatic heterocycles.